The highest BCUT2D eigenvalue weighted by Gasteiger charge is 2.33. The van der Waals surface area contributed by atoms with Gasteiger partial charge in [0.1, 0.15) is 17.5 Å². The van der Waals surface area contributed by atoms with Crippen molar-refractivity contribution in [2.75, 3.05) is 25.0 Å². The lowest BCUT2D eigenvalue weighted by Gasteiger charge is -2.30. The number of pyridine rings is 1. The molecule has 0 saturated carbocycles. The van der Waals surface area contributed by atoms with E-state index in [-0.39, 0.29) is 41.9 Å². The first-order valence-corrected chi connectivity index (χ1v) is 11.9. The largest absolute Gasteiger partial charge is 0.368 e. The van der Waals surface area contributed by atoms with Crippen LogP contribution >= 0.6 is 0 Å². The average Bonchev–Trinajstić information content (AvgIpc) is 3.36. The van der Waals surface area contributed by atoms with Gasteiger partial charge in [-0.05, 0) is 68.8 Å². The molecule has 1 aliphatic rings. The fraction of sp³-hybridized carbons (Fsp3) is 0.385. The number of amides is 1. The molecular weight excluding hydrogens is 469 g/mol. The molecule has 10 heteroatoms. The topological polar surface area (TPSA) is 91.8 Å². The number of aromatic nitrogens is 3. The van der Waals surface area contributed by atoms with Crippen molar-refractivity contribution in [3.8, 4) is 11.3 Å². The Kier molecular flexibility index (Phi) is 7.83. The summed E-state index contributed by atoms with van der Waals surface area (Å²) >= 11 is 0. The van der Waals surface area contributed by atoms with Gasteiger partial charge < -0.3 is 16.0 Å². The van der Waals surface area contributed by atoms with Crippen LogP contribution in [0.3, 0.4) is 0 Å². The maximum atomic E-state index is 14.6. The van der Waals surface area contributed by atoms with Crippen molar-refractivity contribution in [1.29, 1.82) is 0 Å². The lowest BCUT2D eigenvalue weighted by atomic mass is 9.81. The number of benzene rings is 1. The van der Waals surface area contributed by atoms with E-state index in [1.165, 1.54) is 43.5 Å². The van der Waals surface area contributed by atoms with E-state index in [0.717, 1.165) is 13.0 Å². The number of rotatable bonds is 9. The summed E-state index contributed by atoms with van der Waals surface area (Å²) in [4.78, 5) is 16.7. The quantitative estimate of drug-likeness (QED) is 0.413. The highest BCUT2D eigenvalue weighted by Crippen LogP contribution is 2.31. The minimum atomic E-state index is -1.18. The van der Waals surface area contributed by atoms with Gasteiger partial charge in [-0.15, -0.1) is 10.2 Å². The summed E-state index contributed by atoms with van der Waals surface area (Å²) in [5.74, 6) is -0.957. The van der Waals surface area contributed by atoms with Crippen LogP contribution in [0.25, 0.3) is 11.3 Å². The van der Waals surface area contributed by atoms with Crippen LogP contribution in [-0.2, 0) is 5.41 Å². The molecule has 1 aliphatic heterocycles. The number of halogens is 3. The summed E-state index contributed by atoms with van der Waals surface area (Å²) in [6.45, 7) is 4.86. The van der Waals surface area contributed by atoms with E-state index in [2.05, 4.69) is 31.1 Å². The van der Waals surface area contributed by atoms with E-state index in [4.69, 9.17) is 0 Å². The van der Waals surface area contributed by atoms with Gasteiger partial charge in [0.15, 0.2) is 0 Å². The highest BCUT2D eigenvalue weighted by molar-refractivity contribution is 5.95. The molecule has 0 aliphatic carbocycles. The zero-order valence-electron chi connectivity index (χ0n) is 20.2. The number of alkyl halides is 1. The third-order valence-corrected chi connectivity index (χ3v) is 6.29. The van der Waals surface area contributed by atoms with Gasteiger partial charge in [-0.1, -0.05) is 6.92 Å². The number of nitrogens with one attached hydrogen (secondary N) is 3. The zero-order valence-corrected chi connectivity index (χ0v) is 20.2. The van der Waals surface area contributed by atoms with Crippen molar-refractivity contribution < 1.29 is 18.0 Å². The third-order valence-electron chi connectivity index (χ3n) is 6.29. The first-order valence-electron chi connectivity index (χ1n) is 11.9. The second kappa shape index (κ2) is 11.0. The molecule has 3 N–H and O–H groups in total. The van der Waals surface area contributed by atoms with E-state index >= 15 is 0 Å². The SMILES string of the molecule is C[C@H](F)C[C@@](C)(CNc1ccc(-c2cc(C(=O)N[C@H]3CCNC3)ccc2F)nn1)c1ncccc1F. The van der Waals surface area contributed by atoms with Crippen molar-refractivity contribution >= 4 is 11.7 Å². The zero-order chi connectivity index (χ0) is 25.7. The summed E-state index contributed by atoms with van der Waals surface area (Å²) < 4.78 is 43.0. The Morgan fingerprint density at radius 2 is 2.03 bits per heavy atom. The van der Waals surface area contributed by atoms with Gasteiger partial charge in [-0.2, -0.15) is 0 Å². The molecule has 7 nitrogen and oxygen atoms in total. The number of carbonyl (C=O) groups excluding carboxylic acids is 1. The standard InChI is InChI=1S/C26H29F3N6O/c1-16(27)13-26(2,24-21(29)4-3-10-31-24)15-32-23-8-7-22(34-35-23)19-12-17(5-6-20(19)28)25(36)33-18-9-11-30-14-18/h3-8,10,12,16,18,30H,9,11,13-15H2,1-2H3,(H,32,35)(H,33,36)/t16-,18-,26-/m0/s1. The monoisotopic (exact) mass is 498 g/mol. The minimum Gasteiger partial charge on any atom is -0.368 e. The van der Waals surface area contributed by atoms with Crippen LogP contribution < -0.4 is 16.0 Å². The summed E-state index contributed by atoms with van der Waals surface area (Å²) in [5, 5.41) is 17.4. The molecule has 1 aromatic carbocycles. The molecule has 0 unspecified atom stereocenters. The molecule has 1 saturated heterocycles. The fourth-order valence-corrected chi connectivity index (χ4v) is 4.47. The summed E-state index contributed by atoms with van der Waals surface area (Å²) in [7, 11) is 0. The Hall–Kier alpha value is -3.53. The van der Waals surface area contributed by atoms with E-state index in [9.17, 15) is 18.0 Å². The van der Waals surface area contributed by atoms with Gasteiger partial charge in [0.05, 0.1) is 17.6 Å². The summed E-state index contributed by atoms with van der Waals surface area (Å²) in [6, 6.07) is 10.1. The number of nitrogens with zero attached hydrogens (tertiary/aromatic N) is 3. The Bertz CT molecular complexity index is 1200. The van der Waals surface area contributed by atoms with Crippen LogP contribution in [-0.4, -0.2) is 52.9 Å². The molecule has 36 heavy (non-hydrogen) atoms. The van der Waals surface area contributed by atoms with Crippen LogP contribution in [0.4, 0.5) is 19.0 Å². The number of anilines is 1. The van der Waals surface area contributed by atoms with Crippen molar-refractivity contribution in [3.05, 3.63) is 71.6 Å². The lowest BCUT2D eigenvalue weighted by Crippen LogP contribution is -2.36. The first-order chi connectivity index (χ1) is 17.2. The number of hydrogen-bond acceptors (Lipinski definition) is 6. The Morgan fingerprint density at radius 3 is 2.69 bits per heavy atom. The molecule has 1 fully saturated rings. The third kappa shape index (κ3) is 5.99. The van der Waals surface area contributed by atoms with Gasteiger partial charge in [0.2, 0.25) is 0 Å². The average molecular weight is 499 g/mol. The number of hydrogen-bond donors (Lipinski definition) is 3. The fourth-order valence-electron chi connectivity index (χ4n) is 4.47. The van der Waals surface area contributed by atoms with Crippen LogP contribution in [0.5, 0.6) is 0 Å². The molecular formula is C26H29F3N6O. The second-order valence-electron chi connectivity index (χ2n) is 9.39. The van der Waals surface area contributed by atoms with Crippen molar-refractivity contribution in [2.24, 2.45) is 0 Å². The molecule has 0 bridgehead atoms. The van der Waals surface area contributed by atoms with Gasteiger partial charge in [-0.3, -0.25) is 9.78 Å². The van der Waals surface area contributed by atoms with E-state index in [1.54, 1.807) is 19.1 Å². The van der Waals surface area contributed by atoms with Crippen LogP contribution in [0.15, 0.2) is 48.7 Å². The molecule has 3 aromatic rings. The van der Waals surface area contributed by atoms with Crippen molar-refractivity contribution in [3.63, 3.8) is 0 Å². The predicted octanol–water partition coefficient (Wildman–Crippen LogP) is 4.03. The molecule has 0 spiro atoms. The molecule has 1 amide bonds. The van der Waals surface area contributed by atoms with Crippen molar-refractivity contribution in [2.45, 2.75) is 44.3 Å². The maximum Gasteiger partial charge on any atom is 0.251 e. The second-order valence-corrected chi connectivity index (χ2v) is 9.39. The van der Waals surface area contributed by atoms with E-state index in [0.29, 0.717) is 17.9 Å². The summed E-state index contributed by atoms with van der Waals surface area (Å²) in [6.07, 6.45) is 1.19. The number of carbonyl (C=O) groups is 1. The summed E-state index contributed by atoms with van der Waals surface area (Å²) in [5.41, 5.74) is -0.0420. The molecule has 190 valence electrons. The van der Waals surface area contributed by atoms with Gasteiger partial charge in [0, 0.05) is 41.9 Å². The minimum absolute atomic E-state index is 0.0433. The molecule has 0 radical (unpaired) electrons. The van der Waals surface area contributed by atoms with Crippen LogP contribution in [0.1, 0.15) is 42.7 Å². The molecule has 2 aromatic heterocycles. The Balaban J connectivity index is 1.48. The van der Waals surface area contributed by atoms with E-state index in [1.807, 2.05) is 0 Å². The lowest BCUT2D eigenvalue weighted by molar-refractivity contribution is 0.0940. The smallest absolute Gasteiger partial charge is 0.251 e. The molecule has 4 rings (SSSR count). The van der Waals surface area contributed by atoms with Gasteiger partial charge in [0.25, 0.3) is 5.91 Å². The van der Waals surface area contributed by atoms with E-state index < -0.39 is 23.2 Å². The van der Waals surface area contributed by atoms with Crippen LogP contribution in [0, 0.1) is 11.6 Å². The molecule has 3 heterocycles. The van der Waals surface area contributed by atoms with Crippen molar-refractivity contribution in [1.82, 2.24) is 25.8 Å². The molecule has 3 atom stereocenters. The maximum absolute atomic E-state index is 14.6. The normalized spacial score (nSPS) is 17.9. The predicted molar refractivity (Wildman–Crippen MR) is 131 cm³/mol. The van der Waals surface area contributed by atoms with Gasteiger partial charge >= 0.3 is 0 Å². The Morgan fingerprint density at radius 1 is 1.19 bits per heavy atom. The van der Waals surface area contributed by atoms with Crippen LogP contribution in [0.2, 0.25) is 0 Å². The Labute approximate surface area is 207 Å². The highest BCUT2D eigenvalue weighted by atomic mass is 19.1. The van der Waals surface area contributed by atoms with Gasteiger partial charge in [-0.25, -0.2) is 13.2 Å². The first kappa shape index (κ1) is 25.6.